The van der Waals surface area contributed by atoms with Crippen molar-refractivity contribution in [3.05, 3.63) is 35.7 Å². The number of carbonyl (C=O) groups is 1. The fourth-order valence-electron chi connectivity index (χ4n) is 1.58. The average Bonchev–Trinajstić information content (AvgIpc) is 2.73. The summed E-state index contributed by atoms with van der Waals surface area (Å²) in [6.07, 6.45) is 0. The molecule has 0 radical (unpaired) electrons. The van der Waals surface area contributed by atoms with Gasteiger partial charge in [-0.2, -0.15) is 0 Å². The zero-order chi connectivity index (χ0) is 14.7. The van der Waals surface area contributed by atoms with Crippen molar-refractivity contribution in [1.29, 1.82) is 0 Å². The standard InChI is InChI=1S/C14H18N4OS/c1-9-5-7-12(8-6-9)15-13(19)10(2)20-14-17-16-11(3)18(14)4/h5-8,10H,1-4H3,(H,15,19)/t10-/m1/s1. The van der Waals surface area contributed by atoms with E-state index in [0.29, 0.717) is 0 Å². The second-order valence-corrected chi connectivity index (χ2v) is 6.01. The van der Waals surface area contributed by atoms with Crippen LogP contribution in [0.1, 0.15) is 18.3 Å². The summed E-state index contributed by atoms with van der Waals surface area (Å²) in [6, 6.07) is 7.74. The molecule has 0 spiro atoms. The topological polar surface area (TPSA) is 59.8 Å². The zero-order valence-corrected chi connectivity index (χ0v) is 12.9. The lowest BCUT2D eigenvalue weighted by Crippen LogP contribution is -2.22. The van der Waals surface area contributed by atoms with Crippen molar-refractivity contribution < 1.29 is 4.79 Å². The number of nitrogens with zero attached hydrogens (tertiary/aromatic N) is 3. The number of aryl methyl sites for hydroxylation is 2. The van der Waals surface area contributed by atoms with Gasteiger partial charge in [0.05, 0.1) is 5.25 Å². The van der Waals surface area contributed by atoms with Gasteiger partial charge < -0.3 is 9.88 Å². The van der Waals surface area contributed by atoms with Gasteiger partial charge in [0.1, 0.15) is 5.82 Å². The third-order valence-corrected chi connectivity index (χ3v) is 4.16. The van der Waals surface area contributed by atoms with Crippen molar-refractivity contribution in [3.63, 3.8) is 0 Å². The summed E-state index contributed by atoms with van der Waals surface area (Å²) in [5.41, 5.74) is 1.97. The van der Waals surface area contributed by atoms with E-state index in [0.717, 1.165) is 16.7 Å². The molecule has 0 saturated carbocycles. The Morgan fingerprint density at radius 1 is 1.25 bits per heavy atom. The minimum absolute atomic E-state index is 0.0421. The molecule has 0 aliphatic carbocycles. The van der Waals surface area contributed by atoms with E-state index < -0.39 is 0 Å². The van der Waals surface area contributed by atoms with Crippen molar-refractivity contribution >= 4 is 23.4 Å². The molecule has 1 aromatic heterocycles. The molecule has 2 rings (SSSR count). The van der Waals surface area contributed by atoms with Crippen LogP contribution in [0.4, 0.5) is 5.69 Å². The first-order valence-corrected chi connectivity index (χ1v) is 7.25. The average molecular weight is 290 g/mol. The van der Waals surface area contributed by atoms with E-state index in [4.69, 9.17) is 0 Å². The molecule has 0 aliphatic heterocycles. The second kappa shape index (κ2) is 6.09. The maximum Gasteiger partial charge on any atom is 0.237 e. The van der Waals surface area contributed by atoms with Gasteiger partial charge in [0.2, 0.25) is 5.91 Å². The highest BCUT2D eigenvalue weighted by atomic mass is 32.2. The summed E-state index contributed by atoms with van der Waals surface area (Å²) in [6.45, 7) is 5.76. The van der Waals surface area contributed by atoms with Gasteiger partial charge in [0.15, 0.2) is 5.16 Å². The van der Waals surface area contributed by atoms with Crippen molar-refractivity contribution in [1.82, 2.24) is 14.8 Å². The fraction of sp³-hybridized carbons (Fsp3) is 0.357. The largest absolute Gasteiger partial charge is 0.325 e. The molecule has 1 aromatic carbocycles. The maximum atomic E-state index is 12.1. The van der Waals surface area contributed by atoms with E-state index in [1.807, 2.05) is 56.7 Å². The monoisotopic (exact) mass is 290 g/mol. The number of rotatable bonds is 4. The lowest BCUT2D eigenvalue weighted by molar-refractivity contribution is -0.115. The van der Waals surface area contributed by atoms with Crippen molar-refractivity contribution in [3.8, 4) is 0 Å². The normalized spacial score (nSPS) is 12.2. The van der Waals surface area contributed by atoms with Crippen LogP contribution in [0.15, 0.2) is 29.4 Å². The molecule has 0 fully saturated rings. The minimum Gasteiger partial charge on any atom is -0.325 e. The van der Waals surface area contributed by atoms with Gasteiger partial charge in [-0.3, -0.25) is 4.79 Å². The lowest BCUT2D eigenvalue weighted by atomic mass is 10.2. The van der Waals surface area contributed by atoms with Crippen LogP contribution in [-0.4, -0.2) is 25.9 Å². The Balaban J connectivity index is 1.98. The Bertz CT molecular complexity index is 606. The van der Waals surface area contributed by atoms with E-state index >= 15 is 0 Å². The number of thioether (sulfide) groups is 1. The minimum atomic E-state index is -0.237. The number of amides is 1. The Kier molecular flexibility index (Phi) is 4.44. The van der Waals surface area contributed by atoms with E-state index in [1.165, 1.54) is 17.3 Å². The summed E-state index contributed by atoms with van der Waals surface area (Å²) in [5.74, 6) is 0.790. The van der Waals surface area contributed by atoms with Gasteiger partial charge >= 0.3 is 0 Å². The predicted molar refractivity (Wildman–Crippen MR) is 80.9 cm³/mol. The first-order valence-electron chi connectivity index (χ1n) is 6.37. The molecule has 6 heteroatoms. The smallest absolute Gasteiger partial charge is 0.237 e. The quantitative estimate of drug-likeness (QED) is 0.879. The van der Waals surface area contributed by atoms with Crippen LogP contribution in [0.2, 0.25) is 0 Å². The van der Waals surface area contributed by atoms with Gasteiger partial charge in [0.25, 0.3) is 0 Å². The number of anilines is 1. The molecule has 106 valence electrons. The second-order valence-electron chi connectivity index (χ2n) is 4.70. The summed E-state index contributed by atoms with van der Waals surface area (Å²) in [5, 5.41) is 11.4. The lowest BCUT2D eigenvalue weighted by Gasteiger charge is -2.11. The molecule has 20 heavy (non-hydrogen) atoms. The highest BCUT2D eigenvalue weighted by Crippen LogP contribution is 2.22. The van der Waals surface area contributed by atoms with Gasteiger partial charge in [-0.15, -0.1) is 10.2 Å². The molecule has 0 aliphatic rings. The van der Waals surface area contributed by atoms with Crippen molar-refractivity contribution in [2.24, 2.45) is 7.05 Å². The van der Waals surface area contributed by atoms with Gasteiger partial charge in [-0.1, -0.05) is 29.5 Å². The van der Waals surface area contributed by atoms with E-state index in [9.17, 15) is 4.79 Å². The number of aromatic nitrogens is 3. The van der Waals surface area contributed by atoms with Crippen LogP contribution in [0.3, 0.4) is 0 Å². The van der Waals surface area contributed by atoms with Crippen LogP contribution in [0, 0.1) is 13.8 Å². The summed E-state index contributed by atoms with van der Waals surface area (Å²) >= 11 is 1.40. The number of hydrogen-bond acceptors (Lipinski definition) is 4. The number of carbonyl (C=O) groups excluding carboxylic acids is 1. The van der Waals surface area contributed by atoms with Gasteiger partial charge in [-0.05, 0) is 32.9 Å². The fourth-order valence-corrected chi connectivity index (χ4v) is 2.44. The molecular formula is C14H18N4OS. The molecule has 1 heterocycles. The molecular weight excluding hydrogens is 272 g/mol. The zero-order valence-electron chi connectivity index (χ0n) is 12.0. The maximum absolute atomic E-state index is 12.1. The molecule has 0 bridgehead atoms. The summed E-state index contributed by atoms with van der Waals surface area (Å²) in [7, 11) is 1.89. The Labute approximate surface area is 122 Å². The third kappa shape index (κ3) is 3.39. The SMILES string of the molecule is Cc1ccc(NC(=O)[C@@H](C)Sc2nnc(C)n2C)cc1. The Morgan fingerprint density at radius 3 is 2.45 bits per heavy atom. The molecule has 1 atom stereocenters. The number of hydrogen-bond donors (Lipinski definition) is 1. The summed E-state index contributed by atoms with van der Waals surface area (Å²) < 4.78 is 1.88. The molecule has 0 saturated heterocycles. The van der Waals surface area contributed by atoms with E-state index in [2.05, 4.69) is 15.5 Å². The van der Waals surface area contributed by atoms with Crippen molar-refractivity contribution in [2.45, 2.75) is 31.2 Å². The molecule has 1 N–H and O–H groups in total. The summed E-state index contributed by atoms with van der Waals surface area (Å²) in [4.78, 5) is 12.1. The van der Waals surface area contributed by atoms with Crippen LogP contribution in [-0.2, 0) is 11.8 Å². The Hall–Kier alpha value is -1.82. The molecule has 0 unspecified atom stereocenters. The molecule has 1 amide bonds. The first kappa shape index (κ1) is 14.6. The van der Waals surface area contributed by atoms with Crippen LogP contribution < -0.4 is 5.32 Å². The van der Waals surface area contributed by atoms with E-state index in [1.54, 1.807) is 0 Å². The van der Waals surface area contributed by atoms with Gasteiger partial charge in [-0.25, -0.2) is 0 Å². The highest BCUT2D eigenvalue weighted by molar-refractivity contribution is 8.00. The molecule has 2 aromatic rings. The highest BCUT2D eigenvalue weighted by Gasteiger charge is 2.18. The number of benzene rings is 1. The van der Waals surface area contributed by atoms with Crippen molar-refractivity contribution in [2.75, 3.05) is 5.32 Å². The predicted octanol–water partition coefficient (Wildman–Crippen LogP) is 2.55. The Morgan fingerprint density at radius 2 is 1.90 bits per heavy atom. The van der Waals surface area contributed by atoms with Crippen LogP contribution in [0.5, 0.6) is 0 Å². The number of nitrogens with one attached hydrogen (secondary N) is 1. The van der Waals surface area contributed by atoms with Crippen LogP contribution >= 0.6 is 11.8 Å². The molecule has 5 nitrogen and oxygen atoms in total. The third-order valence-electron chi connectivity index (χ3n) is 3.02. The first-order chi connectivity index (χ1) is 9.47. The van der Waals surface area contributed by atoms with Crippen LogP contribution in [0.25, 0.3) is 0 Å². The van der Waals surface area contributed by atoms with Gasteiger partial charge in [0, 0.05) is 12.7 Å². The van der Waals surface area contributed by atoms with E-state index in [-0.39, 0.29) is 11.2 Å².